The molecular formula is C24H35NO3. The molecule has 0 spiro atoms. The maximum absolute atomic E-state index is 12.6. The van der Waals surface area contributed by atoms with Crippen LogP contribution in [0.1, 0.15) is 79.6 Å². The standard InChI is InChI=1S/C24H35NO3/c1-5-7-8-9-10-11-12-21-18-25(19(3)23(21)24(26)28-6-2)17-20-13-15-22(27-4)16-14-20/h13-16,18H,5-12,17H2,1-4H3. The van der Waals surface area contributed by atoms with E-state index >= 15 is 0 Å². The molecule has 4 nitrogen and oxygen atoms in total. The average Bonchev–Trinajstić information content (AvgIpc) is 3.00. The van der Waals surface area contributed by atoms with E-state index in [0.717, 1.165) is 42.0 Å². The van der Waals surface area contributed by atoms with E-state index < -0.39 is 0 Å². The molecule has 0 saturated heterocycles. The zero-order valence-electron chi connectivity index (χ0n) is 17.9. The number of esters is 1. The Morgan fingerprint density at radius 3 is 2.32 bits per heavy atom. The van der Waals surface area contributed by atoms with E-state index in [1.54, 1.807) is 7.11 Å². The first-order valence-corrected chi connectivity index (χ1v) is 10.6. The molecule has 0 fully saturated rings. The number of aromatic nitrogens is 1. The van der Waals surface area contributed by atoms with E-state index in [2.05, 4.69) is 29.8 Å². The molecule has 1 heterocycles. The third kappa shape index (κ3) is 6.15. The van der Waals surface area contributed by atoms with E-state index in [1.165, 1.54) is 37.7 Å². The predicted octanol–water partition coefficient (Wildman–Crippen LogP) is 5.93. The van der Waals surface area contributed by atoms with Crippen LogP contribution in [0, 0.1) is 6.92 Å². The lowest BCUT2D eigenvalue weighted by molar-refractivity contribution is 0.0524. The van der Waals surface area contributed by atoms with Crippen molar-refractivity contribution in [3.8, 4) is 5.75 Å². The van der Waals surface area contributed by atoms with Crippen LogP contribution in [0.3, 0.4) is 0 Å². The Kier molecular flexibility index (Phi) is 9.12. The Balaban J connectivity index is 2.12. The van der Waals surface area contributed by atoms with E-state index in [1.807, 2.05) is 26.0 Å². The Morgan fingerprint density at radius 2 is 1.68 bits per heavy atom. The number of aryl methyl sites for hydroxylation is 1. The smallest absolute Gasteiger partial charge is 0.340 e. The molecule has 154 valence electrons. The second-order valence-electron chi connectivity index (χ2n) is 7.33. The third-order valence-corrected chi connectivity index (χ3v) is 5.22. The van der Waals surface area contributed by atoms with Crippen molar-refractivity contribution in [2.75, 3.05) is 13.7 Å². The first kappa shape index (κ1) is 22.1. The summed E-state index contributed by atoms with van der Waals surface area (Å²) in [7, 11) is 1.67. The highest BCUT2D eigenvalue weighted by molar-refractivity contribution is 5.92. The van der Waals surface area contributed by atoms with Crippen LogP contribution in [0.15, 0.2) is 30.5 Å². The van der Waals surface area contributed by atoms with Gasteiger partial charge < -0.3 is 14.0 Å². The predicted molar refractivity (Wildman–Crippen MR) is 114 cm³/mol. The van der Waals surface area contributed by atoms with Gasteiger partial charge in [0.15, 0.2) is 0 Å². The van der Waals surface area contributed by atoms with Gasteiger partial charge in [-0.3, -0.25) is 0 Å². The largest absolute Gasteiger partial charge is 0.497 e. The Morgan fingerprint density at radius 1 is 1.00 bits per heavy atom. The van der Waals surface area contributed by atoms with Crippen LogP contribution in [-0.2, 0) is 17.7 Å². The number of nitrogens with zero attached hydrogens (tertiary/aromatic N) is 1. The lowest BCUT2D eigenvalue weighted by Crippen LogP contribution is -2.09. The fourth-order valence-corrected chi connectivity index (χ4v) is 3.58. The highest BCUT2D eigenvalue weighted by Crippen LogP contribution is 2.23. The number of benzene rings is 1. The second-order valence-corrected chi connectivity index (χ2v) is 7.33. The second kappa shape index (κ2) is 11.6. The summed E-state index contributed by atoms with van der Waals surface area (Å²) >= 11 is 0. The number of carbonyl (C=O) groups excluding carboxylic acids is 1. The highest BCUT2D eigenvalue weighted by atomic mass is 16.5. The summed E-state index contributed by atoms with van der Waals surface area (Å²) < 4.78 is 12.7. The lowest BCUT2D eigenvalue weighted by atomic mass is 10.0. The van der Waals surface area contributed by atoms with Gasteiger partial charge in [-0.2, -0.15) is 0 Å². The van der Waals surface area contributed by atoms with Gasteiger partial charge >= 0.3 is 5.97 Å². The van der Waals surface area contributed by atoms with Crippen LogP contribution < -0.4 is 4.74 Å². The monoisotopic (exact) mass is 385 g/mol. The van der Waals surface area contributed by atoms with Gasteiger partial charge in [-0.25, -0.2) is 4.79 Å². The molecule has 0 saturated carbocycles. The summed E-state index contributed by atoms with van der Waals surface area (Å²) in [5.74, 6) is 0.651. The maximum atomic E-state index is 12.6. The number of hydrogen-bond donors (Lipinski definition) is 0. The fraction of sp³-hybridized carbons (Fsp3) is 0.542. The van der Waals surface area contributed by atoms with E-state index in [-0.39, 0.29) is 5.97 Å². The molecule has 0 aliphatic heterocycles. The zero-order valence-corrected chi connectivity index (χ0v) is 17.9. The van der Waals surface area contributed by atoms with Crippen LogP contribution in [0.5, 0.6) is 5.75 Å². The Bertz CT molecular complexity index is 731. The van der Waals surface area contributed by atoms with Gasteiger partial charge in [0, 0.05) is 18.4 Å². The molecule has 0 bridgehead atoms. The molecule has 0 atom stereocenters. The van der Waals surface area contributed by atoms with E-state index in [4.69, 9.17) is 9.47 Å². The normalized spacial score (nSPS) is 10.9. The van der Waals surface area contributed by atoms with Crippen molar-refractivity contribution in [1.29, 1.82) is 0 Å². The SMILES string of the molecule is CCCCCCCCc1cn(Cc2ccc(OC)cc2)c(C)c1C(=O)OCC. The van der Waals surface area contributed by atoms with Crippen LogP contribution in [0.25, 0.3) is 0 Å². The molecule has 1 aromatic carbocycles. The summed E-state index contributed by atoms with van der Waals surface area (Å²) in [5.41, 5.74) is 4.03. The number of carbonyl (C=O) groups is 1. The fourth-order valence-electron chi connectivity index (χ4n) is 3.58. The van der Waals surface area contributed by atoms with Gasteiger partial charge in [-0.05, 0) is 49.9 Å². The number of hydrogen-bond acceptors (Lipinski definition) is 3. The van der Waals surface area contributed by atoms with Crippen LogP contribution in [0.2, 0.25) is 0 Å². The van der Waals surface area contributed by atoms with Gasteiger partial charge in [-0.1, -0.05) is 51.2 Å². The first-order valence-electron chi connectivity index (χ1n) is 10.6. The number of unbranched alkanes of at least 4 members (excludes halogenated alkanes) is 5. The Hall–Kier alpha value is -2.23. The third-order valence-electron chi connectivity index (χ3n) is 5.22. The molecule has 2 rings (SSSR count). The van der Waals surface area contributed by atoms with Crippen molar-refractivity contribution in [2.24, 2.45) is 0 Å². The van der Waals surface area contributed by atoms with Crippen molar-refractivity contribution in [3.05, 3.63) is 52.8 Å². The van der Waals surface area contributed by atoms with Gasteiger partial charge in [0.1, 0.15) is 5.75 Å². The number of rotatable bonds is 12. The molecule has 0 aliphatic rings. The summed E-state index contributed by atoms with van der Waals surface area (Å²) in [4.78, 5) is 12.6. The molecule has 0 aliphatic carbocycles. The van der Waals surface area contributed by atoms with Crippen LogP contribution in [-0.4, -0.2) is 24.3 Å². The van der Waals surface area contributed by atoms with Gasteiger partial charge in [0.2, 0.25) is 0 Å². The Labute approximate surface area is 169 Å². The van der Waals surface area contributed by atoms with Crippen LogP contribution >= 0.6 is 0 Å². The van der Waals surface area contributed by atoms with Gasteiger partial charge in [0.05, 0.1) is 19.3 Å². The molecular weight excluding hydrogens is 350 g/mol. The summed E-state index contributed by atoms with van der Waals surface area (Å²) in [5, 5.41) is 0. The number of methoxy groups -OCH3 is 1. The van der Waals surface area contributed by atoms with Crippen molar-refractivity contribution >= 4 is 5.97 Å². The molecule has 4 heteroatoms. The highest BCUT2D eigenvalue weighted by Gasteiger charge is 2.20. The quantitative estimate of drug-likeness (QED) is 0.336. The summed E-state index contributed by atoms with van der Waals surface area (Å²) in [6.45, 7) is 7.24. The maximum Gasteiger partial charge on any atom is 0.340 e. The average molecular weight is 386 g/mol. The summed E-state index contributed by atoms with van der Waals surface area (Å²) in [6, 6.07) is 8.07. The molecule has 28 heavy (non-hydrogen) atoms. The zero-order chi connectivity index (χ0) is 20.4. The molecule has 1 aromatic heterocycles. The van der Waals surface area contributed by atoms with Crippen molar-refractivity contribution in [3.63, 3.8) is 0 Å². The molecule has 2 aromatic rings. The number of ether oxygens (including phenoxy) is 2. The molecule has 0 N–H and O–H groups in total. The minimum Gasteiger partial charge on any atom is -0.497 e. The molecule has 0 radical (unpaired) electrons. The minimum absolute atomic E-state index is 0.200. The van der Waals surface area contributed by atoms with Crippen molar-refractivity contribution in [1.82, 2.24) is 4.57 Å². The van der Waals surface area contributed by atoms with Gasteiger partial charge in [-0.15, -0.1) is 0 Å². The molecule has 0 amide bonds. The van der Waals surface area contributed by atoms with Crippen molar-refractivity contribution < 1.29 is 14.3 Å². The minimum atomic E-state index is -0.200. The topological polar surface area (TPSA) is 40.5 Å². The molecule has 0 unspecified atom stereocenters. The van der Waals surface area contributed by atoms with Crippen molar-refractivity contribution in [2.45, 2.75) is 72.3 Å². The summed E-state index contributed by atoms with van der Waals surface area (Å²) in [6.07, 6.45) is 10.5. The van der Waals surface area contributed by atoms with E-state index in [0.29, 0.717) is 6.61 Å². The van der Waals surface area contributed by atoms with Gasteiger partial charge in [0.25, 0.3) is 0 Å². The lowest BCUT2D eigenvalue weighted by Gasteiger charge is -2.08. The van der Waals surface area contributed by atoms with Crippen LogP contribution in [0.4, 0.5) is 0 Å². The van der Waals surface area contributed by atoms with E-state index in [9.17, 15) is 4.79 Å². The first-order chi connectivity index (χ1) is 13.6.